The summed E-state index contributed by atoms with van der Waals surface area (Å²) in [6.07, 6.45) is 3.83. The van der Waals surface area contributed by atoms with Crippen molar-refractivity contribution in [3.05, 3.63) is 58.0 Å². The lowest BCUT2D eigenvalue weighted by Gasteiger charge is -2.32. The SMILES string of the molecule is Cc1cccc(OCC(=O)N2CCC(n3nc(C4CC4)ccc3=O)CC2)c1. The summed E-state index contributed by atoms with van der Waals surface area (Å²) in [5.74, 6) is 1.23. The Labute approximate surface area is 158 Å². The molecule has 1 saturated heterocycles. The van der Waals surface area contributed by atoms with E-state index in [4.69, 9.17) is 4.74 Å². The Balaban J connectivity index is 1.33. The third-order valence-electron chi connectivity index (χ3n) is 5.36. The van der Waals surface area contributed by atoms with E-state index in [2.05, 4.69) is 5.10 Å². The Hall–Kier alpha value is -2.63. The van der Waals surface area contributed by atoms with Gasteiger partial charge in [0, 0.05) is 25.1 Å². The number of hydrogen-bond acceptors (Lipinski definition) is 4. The van der Waals surface area contributed by atoms with E-state index < -0.39 is 0 Å². The number of aromatic nitrogens is 2. The summed E-state index contributed by atoms with van der Waals surface area (Å²) < 4.78 is 7.26. The molecule has 2 heterocycles. The van der Waals surface area contributed by atoms with Crippen molar-refractivity contribution in [3.8, 4) is 5.75 Å². The van der Waals surface area contributed by atoms with Gasteiger partial charge in [-0.1, -0.05) is 12.1 Å². The molecule has 0 radical (unpaired) electrons. The second kappa shape index (κ2) is 7.55. The molecule has 1 aliphatic heterocycles. The zero-order valence-corrected chi connectivity index (χ0v) is 15.6. The van der Waals surface area contributed by atoms with Gasteiger partial charge >= 0.3 is 0 Å². The fraction of sp³-hybridized carbons (Fsp3) is 0.476. The molecule has 142 valence electrons. The number of likely N-dealkylation sites (tertiary alicyclic amines) is 1. The van der Waals surface area contributed by atoms with E-state index in [1.165, 1.54) is 12.8 Å². The average Bonchev–Trinajstić information content (AvgIpc) is 3.52. The lowest BCUT2D eigenvalue weighted by molar-refractivity contribution is -0.134. The van der Waals surface area contributed by atoms with Gasteiger partial charge in [-0.15, -0.1) is 0 Å². The highest BCUT2D eigenvalue weighted by Gasteiger charge is 2.28. The van der Waals surface area contributed by atoms with Gasteiger partial charge in [-0.2, -0.15) is 5.10 Å². The van der Waals surface area contributed by atoms with Gasteiger partial charge < -0.3 is 9.64 Å². The predicted molar refractivity (Wildman–Crippen MR) is 102 cm³/mol. The maximum Gasteiger partial charge on any atom is 0.267 e. The number of ether oxygens (including phenoxy) is 1. The van der Waals surface area contributed by atoms with Gasteiger partial charge in [-0.05, 0) is 56.4 Å². The first-order chi connectivity index (χ1) is 13.1. The average molecular weight is 367 g/mol. The number of aryl methyl sites for hydroxylation is 1. The van der Waals surface area contributed by atoms with Gasteiger partial charge in [0.15, 0.2) is 6.61 Å². The molecule has 4 rings (SSSR count). The number of amides is 1. The molecule has 2 aromatic rings. The van der Waals surface area contributed by atoms with Crippen LogP contribution in [-0.2, 0) is 4.79 Å². The first-order valence-electron chi connectivity index (χ1n) is 9.67. The first-order valence-corrected chi connectivity index (χ1v) is 9.67. The van der Waals surface area contributed by atoms with E-state index in [-0.39, 0.29) is 24.1 Å². The summed E-state index contributed by atoms with van der Waals surface area (Å²) in [6, 6.07) is 11.3. The van der Waals surface area contributed by atoms with Crippen LogP contribution in [0.4, 0.5) is 0 Å². The first kappa shape index (κ1) is 17.8. The summed E-state index contributed by atoms with van der Waals surface area (Å²) in [5.41, 5.74) is 2.08. The number of nitrogens with zero attached hydrogens (tertiary/aromatic N) is 3. The van der Waals surface area contributed by atoms with E-state index in [0.29, 0.717) is 24.8 Å². The van der Waals surface area contributed by atoms with Crippen molar-refractivity contribution in [2.45, 2.75) is 44.6 Å². The third kappa shape index (κ3) is 4.21. The number of piperidine rings is 1. The Morgan fingerprint density at radius 1 is 1.15 bits per heavy atom. The Morgan fingerprint density at radius 2 is 1.93 bits per heavy atom. The van der Waals surface area contributed by atoms with Gasteiger partial charge in [-0.25, -0.2) is 4.68 Å². The molecule has 0 unspecified atom stereocenters. The maximum absolute atomic E-state index is 12.4. The summed E-state index contributed by atoms with van der Waals surface area (Å²) in [4.78, 5) is 26.5. The minimum absolute atomic E-state index is 0.0120. The minimum Gasteiger partial charge on any atom is -0.484 e. The zero-order valence-electron chi connectivity index (χ0n) is 15.6. The molecule has 6 nitrogen and oxygen atoms in total. The lowest BCUT2D eigenvalue weighted by atomic mass is 10.1. The van der Waals surface area contributed by atoms with Crippen LogP contribution in [0.1, 0.15) is 48.9 Å². The van der Waals surface area contributed by atoms with Crippen molar-refractivity contribution >= 4 is 5.91 Å². The molecule has 1 amide bonds. The normalized spacial score (nSPS) is 17.7. The molecule has 0 N–H and O–H groups in total. The molecule has 6 heteroatoms. The maximum atomic E-state index is 12.4. The van der Waals surface area contributed by atoms with Crippen LogP contribution in [-0.4, -0.2) is 40.3 Å². The van der Waals surface area contributed by atoms with Crippen LogP contribution in [0.2, 0.25) is 0 Å². The predicted octanol–water partition coefficient (Wildman–Crippen LogP) is 2.67. The largest absolute Gasteiger partial charge is 0.484 e. The molecule has 2 fully saturated rings. The summed E-state index contributed by atoms with van der Waals surface area (Å²) in [6.45, 7) is 3.29. The van der Waals surface area contributed by atoms with E-state index in [1.807, 2.05) is 42.2 Å². The van der Waals surface area contributed by atoms with Crippen molar-refractivity contribution in [1.82, 2.24) is 14.7 Å². The van der Waals surface area contributed by atoms with Crippen LogP contribution < -0.4 is 10.3 Å². The molecule has 1 aromatic carbocycles. The Morgan fingerprint density at radius 3 is 2.63 bits per heavy atom. The number of hydrogen-bond donors (Lipinski definition) is 0. The van der Waals surface area contributed by atoms with E-state index >= 15 is 0 Å². The van der Waals surface area contributed by atoms with E-state index in [9.17, 15) is 9.59 Å². The fourth-order valence-electron chi connectivity index (χ4n) is 3.60. The van der Waals surface area contributed by atoms with Crippen LogP contribution in [0.5, 0.6) is 5.75 Å². The fourth-order valence-corrected chi connectivity index (χ4v) is 3.60. The van der Waals surface area contributed by atoms with Gasteiger partial charge in [0.1, 0.15) is 5.75 Å². The molecule has 0 atom stereocenters. The third-order valence-corrected chi connectivity index (χ3v) is 5.36. The standard InChI is InChI=1S/C21H25N3O3/c1-15-3-2-4-18(13-15)27-14-21(26)23-11-9-17(10-12-23)24-20(25)8-7-19(22-24)16-5-6-16/h2-4,7-8,13,16-17H,5-6,9-12,14H2,1H3. The smallest absolute Gasteiger partial charge is 0.267 e. The van der Waals surface area contributed by atoms with Crippen LogP contribution >= 0.6 is 0 Å². The molecule has 2 aliphatic rings. The van der Waals surface area contributed by atoms with Crippen LogP contribution in [0.15, 0.2) is 41.2 Å². The van der Waals surface area contributed by atoms with Crippen molar-refractivity contribution in [2.75, 3.05) is 19.7 Å². The zero-order chi connectivity index (χ0) is 18.8. The number of benzene rings is 1. The lowest BCUT2D eigenvalue weighted by Crippen LogP contribution is -2.43. The second-order valence-corrected chi connectivity index (χ2v) is 7.53. The number of rotatable bonds is 5. The molecule has 1 saturated carbocycles. The highest BCUT2D eigenvalue weighted by molar-refractivity contribution is 5.77. The number of carbonyl (C=O) groups is 1. The topological polar surface area (TPSA) is 64.4 Å². The van der Waals surface area contributed by atoms with Crippen molar-refractivity contribution in [1.29, 1.82) is 0 Å². The molecule has 1 aromatic heterocycles. The summed E-state index contributed by atoms with van der Waals surface area (Å²) >= 11 is 0. The monoisotopic (exact) mass is 367 g/mol. The van der Waals surface area contributed by atoms with Gasteiger partial charge in [0.2, 0.25) is 0 Å². The minimum atomic E-state index is -0.0491. The summed E-state index contributed by atoms with van der Waals surface area (Å²) in [5, 5.41) is 4.59. The quantitative estimate of drug-likeness (QED) is 0.815. The van der Waals surface area contributed by atoms with E-state index in [1.54, 1.807) is 10.7 Å². The van der Waals surface area contributed by atoms with Crippen molar-refractivity contribution < 1.29 is 9.53 Å². The van der Waals surface area contributed by atoms with Crippen LogP contribution in [0.3, 0.4) is 0 Å². The Bertz CT molecular complexity index is 880. The van der Waals surface area contributed by atoms with Crippen molar-refractivity contribution in [3.63, 3.8) is 0 Å². The molecular formula is C21H25N3O3. The molecule has 27 heavy (non-hydrogen) atoms. The Kier molecular flexibility index (Phi) is 4.97. The van der Waals surface area contributed by atoms with Crippen molar-refractivity contribution in [2.24, 2.45) is 0 Å². The van der Waals surface area contributed by atoms with Gasteiger partial charge in [0.25, 0.3) is 11.5 Å². The highest BCUT2D eigenvalue weighted by Crippen LogP contribution is 2.38. The van der Waals surface area contributed by atoms with Crippen LogP contribution in [0, 0.1) is 6.92 Å². The second-order valence-electron chi connectivity index (χ2n) is 7.53. The molecule has 0 bridgehead atoms. The number of carbonyl (C=O) groups excluding carboxylic acids is 1. The van der Waals surface area contributed by atoms with Crippen LogP contribution in [0.25, 0.3) is 0 Å². The highest BCUT2D eigenvalue weighted by atomic mass is 16.5. The molecule has 0 spiro atoms. The molecular weight excluding hydrogens is 342 g/mol. The summed E-state index contributed by atoms with van der Waals surface area (Å²) in [7, 11) is 0. The van der Waals surface area contributed by atoms with Gasteiger partial charge in [-0.3, -0.25) is 9.59 Å². The van der Waals surface area contributed by atoms with E-state index in [0.717, 1.165) is 24.1 Å². The van der Waals surface area contributed by atoms with Gasteiger partial charge in [0.05, 0.1) is 11.7 Å². The molecule has 1 aliphatic carbocycles.